The Labute approximate surface area is 171 Å². The number of aliphatic carboxylic acids is 1. The van der Waals surface area contributed by atoms with Crippen LogP contribution in [-0.4, -0.2) is 33.5 Å². The molecule has 0 saturated carbocycles. The third-order valence-electron chi connectivity index (χ3n) is 5.64. The second-order valence-electron chi connectivity index (χ2n) is 7.99. The summed E-state index contributed by atoms with van der Waals surface area (Å²) < 4.78 is 0. The minimum absolute atomic E-state index is 0.107. The van der Waals surface area contributed by atoms with Gasteiger partial charge in [0.25, 0.3) is 0 Å². The second kappa shape index (κ2) is 7.72. The van der Waals surface area contributed by atoms with Crippen molar-refractivity contribution in [3.63, 3.8) is 0 Å². The number of aromatic amines is 1. The van der Waals surface area contributed by atoms with E-state index < -0.39 is 5.97 Å². The predicted molar refractivity (Wildman–Crippen MR) is 118 cm³/mol. The summed E-state index contributed by atoms with van der Waals surface area (Å²) in [6.45, 7) is 9.34. The molecule has 3 aromatic rings. The van der Waals surface area contributed by atoms with Crippen LogP contribution in [0.5, 0.6) is 0 Å². The van der Waals surface area contributed by atoms with Gasteiger partial charge in [-0.25, -0.2) is 4.79 Å². The Kier molecular flexibility index (Phi) is 5.12. The van der Waals surface area contributed by atoms with Gasteiger partial charge in [0.15, 0.2) is 0 Å². The Hall–Kier alpha value is -3.11. The van der Waals surface area contributed by atoms with Gasteiger partial charge in [-0.05, 0) is 49.1 Å². The van der Waals surface area contributed by atoms with Crippen LogP contribution in [0.4, 0.5) is 0 Å². The van der Waals surface area contributed by atoms with Crippen molar-refractivity contribution in [3.8, 4) is 0 Å². The Bertz CT molecular complexity index is 1090. The van der Waals surface area contributed by atoms with E-state index in [0.717, 1.165) is 24.1 Å². The number of nitrogens with zero attached hydrogens (tertiary/aromatic N) is 1. The lowest BCUT2D eigenvalue weighted by Crippen LogP contribution is -2.43. The van der Waals surface area contributed by atoms with E-state index in [-0.39, 0.29) is 6.04 Å². The molecule has 4 rings (SSSR count). The zero-order valence-corrected chi connectivity index (χ0v) is 16.9. The molecule has 4 nitrogen and oxygen atoms in total. The molecule has 0 bridgehead atoms. The molecule has 4 heteroatoms. The van der Waals surface area contributed by atoms with E-state index in [4.69, 9.17) is 5.11 Å². The standard InChI is InChI=1S/C25H26N2O2/c1-16(2)15-27-17(3)14-21-20-6-4-5-7-22(20)26-24(21)25(27)19-11-8-18(9-12-19)10-13-23(28)29/h4-13,17,25-26H,1,14-15H2,2-3H3,(H,28,29)/b13-10+/t17-,25-/m1/s1. The molecule has 0 fully saturated rings. The molecule has 2 N–H and O–H groups in total. The number of aromatic nitrogens is 1. The van der Waals surface area contributed by atoms with E-state index >= 15 is 0 Å². The van der Waals surface area contributed by atoms with Crippen LogP contribution in [0.3, 0.4) is 0 Å². The maximum Gasteiger partial charge on any atom is 0.328 e. The molecule has 148 valence electrons. The van der Waals surface area contributed by atoms with Crippen molar-refractivity contribution in [2.75, 3.05) is 6.54 Å². The highest BCUT2D eigenvalue weighted by Crippen LogP contribution is 2.41. The maximum absolute atomic E-state index is 10.8. The van der Waals surface area contributed by atoms with E-state index in [2.05, 4.69) is 66.7 Å². The van der Waals surface area contributed by atoms with Gasteiger partial charge in [-0.15, -0.1) is 0 Å². The molecule has 29 heavy (non-hydrogen) atoms. The van der Waals surface area contributed by atoms with Crippen molar-refractivity contribution in [1.29, 1.82) is 0 Å². The van der Waals surface area contributed by atoms with Crippen LogP contribution in [0.15, 0.2) is 66.8 Å². The lowest BCUT2D eigenvalue weighted by Gasteiger charge is -2.41. The number of hydrogen-bond acceptors (Lipinski definition) is 2. The summed E-state index contributed by atoms with van der Waals surface area (Å²) in [6, 6.07) is 17.2. The molecule has 0 amide bonds. The van der Waals surface area contributed by atoms with Crippen LogP contribution < -0.4 is 0 Å². The highest BCUT2D eigenvalue weighted by atomic mass is 16.4. The van der Waals surface area contributed by atoms with Gasteiger partial charge >= 0.3 is 5.97 Å². The maximum atomic E-state index is 10.8. The molecular formula is C25H26N2O2. The first kappa shape index (κ1) is 19.2. The molecule has 1 aliphatic rings. The summed E-state index contributed by atoms with van der Waals surface area (Å²) in [7, 11) is 0. The molecule has 2 aromatic carbocycles. The number of para-hydroxylation sites is 1. The van der Waals surface area contributed by atoms with E-state index in [0.29, 0.717) is 6.04 Å². The van der Waals surface area contributed by atoms with Gasteiger partial charge in [-0.2, -0.15) is 0 Å². The van der Waals surface area contributed by atoms with E-state index in [1.165, 1.54) is 33.8 Å². The van der Waals surface area contributed by atoms with Crippen LogP contribution in [0.25, 0.3) is 17.0 Å². The van der Waals surface area contributed by atoms with Gasteiger partial charge in [0, 0.05) is 35.3 Å². The van der Waals surface area contributed by atoms with E-state index in [1.807, 2.05) is 12.1 Å². The average Bonchev–Trinajstić information content (AvgIpc) is 3.05. The Morgan fingerprint density at radius 3 is 2.66 bits per heavy atom. The lowest BCUT2D eigenvalue weighted by molar-refractivity contribution is -0.131. The minimum atomic E-state index is -0.939. The molecule has 0 aliphatic carbocycles. The zero-order valence-electron chi connectivity index (χ0n) is 16.9. The van der Waals surface area contributed by atoms with Crippen molar-refractivity contribution < 1.29 is 9.90 Å². The van der Waals surface area contributed by atoms with Crippen LogP contribution in [-0.2, 0) is 11.2 Å². The van der Waals surface area contributed by atoms with Crippen molar-refractivity contribution in [2.45, 2.75) is 32.4 Å². The van der Waals surface area contributed by atoms with Crippen LogP contribution in [0, 0.1) is 0 Å². The molecule has 0 spiro atoms. The third-order valence-corrected chi connectivity index (χ3v) is 5.64. The third kappa shape index (κ3) is 3.76. The van der Waals surface area contributed by atoms with Crippen LogP contribution in [0.1, 0.15) is 42.3 Å². The number of benzene rings is 2. The smallest absolute Gasteiger partial charge is 0.328 e. The van der Waals surface area contributed by atoms with Crippen LogP contribution >= 0.6 is 0 Å². The molecule has 1 aliphatic heterocycles. The number of carboxylic acid groups (broad SMARTS) is 1. The number of fused-ring (bicyclic) bond motifs is 3. The van der Waals surface area contributed by atoms with Gasteiger partial charge < -0.3 is 10.1 Å². The summed E-state index contributed by atoms with van der Waals surface area (Å²) in [5.74, 6) is -0.939. The average molecular weight is 386 g/mol. The highest BCUT2D eigenvalue weighted by Gasteiger charge is 2.35. The molecule has 2 heterocycles. The number of carboxylic acids is 1. The molecule has 2 atom stereocenters. The van der Waals surface area contributed by atoms with Crippen LogP contribution in [0.2, 0.25) is 0 Å². The fourth-order valence-corrected chi connectivity index (χ4v) is 4.38. The zero-order chi connectivity index (χ0) is 20.5. The lowest BCUT2D eigenvalue weighted by atomic mass is 9.88. The summed E-state index contributed by atoms with van der Waals surface area (Å²) in [4.78, 5) is 17.0. The van der Waals surface area contributed by atoms with Crippen molar-refractivity contribution in [1.82, 2.24) is 9.88 Å². The Morgan fingerprint density at radius 2 is 1.97 bits per heavy atom. The number of nitrogens with one attached hydrogen (secondary N) is 1. The first-order chi connectivity index (χ1) is 13.9. The summed E-state index contributed by atoms with van der Waals surface area (Å²) in [5.41, 5.74) is 7.03. The van der Waals surface area contributed by atoms with Gasteiger partial charge in [0.05, 0.1) is 6.04 Å². The topological polar surface area (TPSA) is 56.3 Å². The number of rotatable bonds is 5. The molecule has 0 saturated heterocycles. The quantitative estimate of drug-likeness (QED) is 0.469. The minimum Gasteiger partial charge on any atom is -0.478 e. The van der Waals surface area contributed by atoms with E-state index in [1.54, 1.807) is 6.08 Å². The Morgan fingerprint density at radius 1 is 1.24 bits per heavy atom. The fraction of sp³-hybridized carbons (Fsp3) is 0.240. The Balaban J connectivity index is 1.81. The van der Waals surface area contributed by atoms with E-state index in [9.17, 15) is 4.79 Å². The molecular weight excluding hydrogens is 360 g/mol. The fourth-order valence-electron chi connectivity index (χ4n) is 4.38. The second-order valence-corrected chi connectivity index (χ2v) is 7.99. The van der Waals surface area contributed by atoms with Crippen molar-refractivity contribution in [3.05, 3.63) is 89.1 Å². The highest BCUT2D eigenvalue weighted by molar-refractivity contribution is 5.86. The molecule has 0 unspecified atom stereocenters. The first-order valence-corrected chi connectivity index (χ1v) is 9.94. The summed E-state index contributed by atoms with van der Waals surface area (Å²) in [5, 5.41) is 10.2. The molecule has 0 radical (unpaired) electrons. The van der Waals surface area contributed by atoms with Crippen molar-refractivity contribution in [2.24, 2.45) is 0 Å². The largest absolute Gasteiger partial charge is 0.478 e. The SMILES string of the molecule is C=C(C)CN1[C@H](c2ccc(/C=C/C(=O)O)cc2)c2[nH]c3ccccc3c2C[C@H]1C. The van der Waals surface area contributed by atoms with Crippen molar-refractivity contribution >= 4 is 22.9 Å². The molecule has 1 aromatic heterocycles. The first-order valence-electron chi connectivity index (χ1n) is 9.94. The number of H-pyrrole nitrogens is 1. The summed E-state index contributed by atoms with van der Waals surface area (Å²) in [6.07, 6.45) is 3.79. The van der Waals surface area contributed by atoms with Gasteiger partial charge in [-0.3, -0.25) is 4.90 Å². The normalized spacial score (nSPS) is 19.5. The van der Waals surface area contributed by atoms with Gasteiger partial charge in [0.1, 0.15) is 0 Å². The predicted octanol–water partition coefficient (Wildman–Crippen LogP) is 5.18. The van der Waals surface area contributed by atoms with Gasteiger partial charge in [-0.1, -0.05) is 54.6 Å². The number of hydrogen-bond donors (Lipinski definition) is 2. The number of carbonyl (C=O) groups is 1. The summed E-state index contributed by atoms with van der Waals surface area (Å²) >= 11 is 0. The monoisotopic (exact) mass is 386 g/mol. The van der Waals surface area contributed by atoms with Gasteiger partial charge in [0.2, 0.25) is 0 Å².